The first-order valence-corrected chi connectivity index (χ1v) is 10.5. The van der Waals surface area contributed by atoms with Gasteiger partial charge in [-0.2, -0.15) is 5.10 Å². The molecule has 0 aliphatic carbocycles. The average Bonchev–Trinajstić information content (AvgIpc) is 3.20. The van der Waals surface area contributed by atoms with Gasteiger partial charge < -0.3 is 9.32 Å². The Bertz CT molecular complexity index is 1300. The van der Waals surface area contributed by atoms with Gasteiger partial charge in [-0.1, -0.05) is 42.0 Å². The van der Waals surface area contributed by atoms with E-state index in [1.54, 1.807) is 10.7 Å². The maximum atomic E-state index is 13.0. The van der Waals surface area contributed by atoms with E-state index in [-0.39, 0.29) is 12.5 Å². The van der Waals surface area contributed by atoms with Crippen LogP contribution in [-0.4, -0.2) is 51.7 Å². The SMILES string of the molecule is Cc1ccc2oc(=O)c3cnn(CC(=O)N4CCN(Cc5ccccc5)CC4)c3c2c1. The number of hydrogen-bond acceptors (Lipinski definition) is 5. The summed E-state index contributed by atoms with van der Waals surface area (Å²) in [6.45, 7) is 6.04. The number of rotatable bonds is 4. The summed E-state index contributed by atoms with van der Waals surface area (Å²) >= 11 is 0. The van der Waals surface area contributed by atoms with Crippen LogP contribution in [-0.2, 0) is 17.9 Å². The molecule has 0 bridgehead atoms. The lowest BCUT2D eigenvalue weighted by Crippen LogP contribution is -2.49. The van der Waals surface area contributed by atoms with Gasteiger partial charge in [-0.15, -0.1) is 0 Å². The number of fused-ring (bicyclic) bond motifs is 3. The minimum absolute atomic E-state index is 0.0124. The molecule has 1 fully saturated rings. The Morgan fingerprint density at radius 1 is 1.03 bits per heavy atom. The first-order valence-electron chi connectivity index (χ1n) is 10.5. The molecule has 0 spiro atoms. The van der Waals surface area contributed by atoms with Gasteiger partial charge in [-0.3, -0.25) is 14.4 Å². The number of hydrogen-bond donors (Lipinski definition) is 0. The van der Waals surface area contributed by atoms with Crippen molar-refractivity contribution in [2.75, 3.05) is 26.2 Å². The lowest BCUT2D eigenvalue weighted by atomic mass is 10.1. The summed E-state index contributed by atoms with van der Waals surface area (Å²) in [7, 11) is 0. The number of aromatic nitrogens is 2. The first kappa shape index (κ1) is 19.5. The van der Waals surface area contributed by atoms with Crippen molar-refractivity contribution in [3.05, 3.63) is 76.3 Å². The predicted octanol–water partition coefficient (Wildman–Crippen LogP) is 2.80. The van der Waals surface area contributed by atoms with E-state index in [1.165, 1.54) is 11.8 Å². The maximum Gasteiger partial charge on any atom is 0.347 e. The van der Waals surface area contributed by atoms with Crippen molar-refractivity contribution >= 4 is 27.8 Å². The van der Waals surface area contributed by atoms with E-state index >= 15 is 0 Å². The summed E-state index contributed by atoms with van der Waals surface area (Å²) in [6.07, 6.45) is 1.49. The quantitative estimate of drug-likeness (QED) is 0.479. The summed E-state index contributed by atoms with van der Waals surface area (Å²) in [6, 6.07) is 16.0. The Morgan fingerprint density at radius 2 is 1.81 bits per heavy atom. The monoisotopic (exact) mass is 416 g/mol. The molecule has 0 radical (unpaired) electrons. The van der Waals surface area contributed by atoms with Crippen LogP contribution >= 0.6 is 0 Å². The minimum Gasteiger partial charge on any atom is -0.422 e. The molecule has 3 heterocycles. The first-order chi connectivity index (χ1) is 15.1. The normalized spacial score (nSPS) is 15.1. The van der Waals surface area contributed by atoms with Gasteiger partial charge in [0.05, 0.1) is 11.7 Å². The number of aryl methyl sites for hydroxylation is 1. The molecule has 0 unspecified atom stereocenters. The van der Waals surface area contributed by atoms with Crippen LogP contribution in [0, 0.1) is 6.92 Å². The largest absolute Gasteiger partial charge is 0.422 e. The standard InChI is InChI=1S/C24H24N4O3/c1-17-7-8-21-19(13-17)23-20(24(30)31-21)14-25-28(23)16-22(29)27-11-9-26(10-12-27)15-18-5-3-2-4-6-18/h2-8,13-14H,9-12,15-16H2,1H3. The van der Waals surface area contributed by atoms with Crippen molar-refractivity contribution in [2.45, 2.75) is 20.0 Å². The molecule has 7 heteroatoms. The number of amides is 1. The molecular weight excluding hydrogens is 392 g/mol. The molecule has 1 aliphatic heterocycles. The van der Waals surface area contributed by atoms with E-state index in [9.17, 15) is 9.59 Å². The fourth-order valence-corrected chi connectivity index (χ4v) is 4.24. The summed E-state index contributed by atoms with van der Waals surface area (Å²) in [4.78, 5) is 29.6. The Hall–Kier alpha value is -3.45. The van der Waals surface area contributed by atoms with Gasteiger partial charge in [0.15, 0.2) is 0 Å². The third-order valence-electron chi connectivity index (χ3n) is 5.91. The van der Waals surface area contributed by atoms with Crippen molar-refractivity contribution in [1.82, 2.24) is 19.6 Å². The zero-order valence-corrected chi connectivity index (χ0v) is 17.5. The van der Waals surface area contributed by atoms with E-state index in [4.69, 9.17) is 4.42 Å². The third-order valence-corrected chi connectivity index (χ3v) is 5.91. The fourth-order valence-electron chi connectivity index (χ4n) is 4.24. The molecule has 7 nitrogen and oxygen atoms in total. The average molecular weight is 416 g/mol. The predicted molar refractivity (Wildman–Crippen MR) is 119 cm³/mol. The number of nitrogens with zero attached hydrogens (tertiary/aromatic N) is 4. The highest BCUT2D eigenvalue weighted by Gasteiger charge is 2.23. The highest BCUT2D eigenvalue weighted by Crippen LogP contribution is 2.24. The van der Waals surface area contributed by atoms with Crippen LogP contribution in [0.15, 0.2) is 63.9 Å². The molecule has 1 saturated heterocycles. The molecular formula is C24H24N4O3. The molecule has 2 aromatic heterocycles. The fraction of sp³-hybridized carbons (Fsp3) is 0.292. The Balaban J connectivity index is 1.33. The highest BCUT2D eigenvalue weighted by atomic mass is 16.4. The van der Waals surface area contributed by atoms with Crippen LogP contribution in [0.3, 0.4) is 0 Å². The van der Waals surface area contributed by atoms with Crippen molar-refractivity contribution in [1.29, 1.82) is 0 Å². The lowest BCUT2D eigenvalue weighted by Gasteiger charge is -2.34. The zero-order chi connectivity index (χ0) is 21.4. The zero-order valence-electron chi connectivity index (χ0n) is 17.5. The van der Waals surface area contributed by atoms with E-state index in [0.717, 1.165) is 30.6 Å². The topological polar surface area (TPSA) is 71.6 Å². The maximum absolute atomic E-state index is 13.0. The van der Waals surface area contributed by atoms with Crippen LogP contribution < -0.4 is 5.63 Å². The van der Waals surface area contributed by atoms with Crippen molar-refractivity contribution in [3.8, 4) is 0 Å². The molecule has 1 amide bonds. The lowest BCUT2D eigenvalue weighted by molar-refractivity contribution is -0.133. The highest BCUT2D eigenvalue weighted by molar-refractivity contribution is 6.02. The molecule has 0 saturated carbocycles. The van der Waals surface area contributed by atoms with Gasteiger partial charge in [-0.25, -0.2) is 4.79 Å². The molecule has 0 atom stereocenters. The van der Waals surface area contributed by atoms with Gasteiger partial charge in [0.25, 0.3) is 0 Å². The van der Waals surface area contributed by atoms with Gasteiger partial charge >= 0.3 is 5.63 Å². The summed E-state index contributed by atoms with van der Waals surface area (Å²) in [5, 5.41) is 5.54. The van der Waals surface area contributed by atoms with Crippen LogP contribution in [0.1, 0.15) is 11.1 Å². The molecule has 5 rings (SSSR count). The molecule has 2 aromatic carbocycles. The summed E-state index contributed by atoms with van der Waals surface area (Å²) in [5.41, 5.74) is 3.07. The van der Waals surface area contributed by atoms with Crippen LogP contribution in [0.4, 0.5) is 0 Å². The van der Waals surface area contributed by atoms with Gasteiger partial charge in [0.1, 0.15) is 17.5 Å². The smallest absolute Gasteiger partial charge is 0.347 e. The van der Waals surface area contributed by atoms with Crippen molar-refractivity contribution in [2.24, 2.45) is 0 Å². The second kappa shape index (κ2) is 8.00. The van der Waals surface area contributed by atoms with Crippen molar-refractivity contribution < 1.29 is 9.21 Å². The molecule has 0 N–H and O–H groups in total. The van der Waals surface area contributed by atoms with E-state index in [0.29, 0.717) is 29.6 Å². The second-order valence-electron chi connectivity index (χ2n) is 8.10. The van der Waals surface area contributed by atoms with Crippen LogP contribution in [0.25, 0.3) is 21.9 Å². The Labute approximate surface area is 179 Å². The van der Waals surface area contributed by atoms with Gasteiger partial charge in [0.2, 0.25) is 5.91 Å². The van der Waals surface area contributed by atoms with Gasteiger partial charge in [-0.05, 0) is 24.6 Å². The number of benzene rings is 2. The molecule has 31 heavy (non-hydrogen) atoms. The Kier molecular flexibility index (Phi) is 5.03. The van der Waals surface area contributed by atoms with E-state index < -0.39 is 5.63 Å². The van der Waals surface area contributed by atoms with E-state index in [2.05, 4.69) is 34.3 Å². The molecule has 158 valence electrons. The van der Waals surface area contributed by atoms with E-state index in [1.807, 2.05) is 30.0 Å². The summed E-state index contributed by atoms with van der Waals surface area (Å²) in [5.74, 6) is 0.0124. The molecule has 1 aliphatic rings. The van der Waals surface area contributed by atoms with Crippen LogP contribution in [0.5, 0.6) is 0 Å². The van der Waals surface area contributed by atoms with Gasteiger partial charge in [0, 0.05) is 38.1 Å². The van der Waals surface area contributed by atoms with Crippen LogP contribution in [0.2, 0.25) is 0 Å². The molecule has 4 aromatic rings. The Morgan fingerprint density at radius 3 is 2.58 bits per heavy atom. The third kappa shape index (κ3) is 3.84. The number of piperazine rings is 1. The summed E-state index contributed by atoms with van der Waals surface area (Å²) < 4.78 is 7.05. The van der Waals surface area contributed by atoms with Crippen molar-refractivity contribution in [3.63, 3.8) is 0 Å². The number of carbonyl (C=O) groups is 1. The second-order valence-corrected chi connectivity index (χ2v) is 8.10. The minimum atomic E-state index is -0.431. The number of carbonyl (C=O) groups excluding carboxylic acids is 1.